The summed E-state index contributed by atoms with van der Waals surface area (Å²) >= 11 is 1.28. The fourth-order valence-electron chi connectivity index (χ4n) is 2.39. The van der Waals surface area contributed by atoms with Gasteiger partial charge in [-0.05, 0) is 53.4 Å². The number of hydrogen-bond donors (Lipinski definition) is 0. The molecule has 0 atom stereocenters. The van der Waals surface area contributed by atoms with Gasteiger partial charge in [-0.2, -0.15) is 0 Å². The van der Waals surface area contributed by atoms with Crippen molar-refractivity contribution in [2.75, 3.05) is 0 Å². The van der Waals surface area contributed by atoms with E-state index in [1.165, 1.54) is 42.2 Å². The van der Waals surface area contributed by atoms with Crippen molar-refractivity contribution in [3.8, 4) is 11.1 Å². The second-order valence-electron chi connectivity index (χ2n) is 5.69. The lowest BCUT2D eigenvalue weighted by Gasteiger charge is -2.06. The van der Waals surface area contributed by atoms with Gasteiger partial charge in [0.05, 0.1) is 0 Å². The zero-order valence-corrected chi connectivity index (χ0v) is 14.6. The molecule has 23 heavy (non-hydrogen) atoms. The zero-order chi connectivity index (χ0) is 16.5. The van der Waals surface area contributed by atoms with E-state index in [-0.39, 0.29) is 5.12 Å². The lowest BCUT2D eigenvalue weighted by molar-refractivity contribution is -0.108. The maximum atomic E-state index is 12.2. The normalized spacial score (nSPS) is 10.5. The summed E-state index contributed by atoms with van der Waals surface area (Å²) in [5, 5.41) is 0.0916. The van der Waals surface area contributed by atoms with E-state index in [1.54, 1.807) is 0 Å². The Balaban J connectivity index is 1.88. The molecular weight excluding hydrogens is 300 g/mol. The van der Waals surface area contributed by atoms with E-state index in [1.807, 2.05) is 30.3 Å². The average Bonchev–Trinajstić information content (AvgIpc) is 2.60. The van der Waals surface area contributed by atoms with Crippen LogP contribution in [0, 0.1) is 0 Å². The highest BCUT2D eigenvalue weighted by Gasteiger charge is 2.09. The number of rotatable bonds is 8. The molecule has 0 spiro atoms. The van der Waals surface area contributed by atoms with Gasteiger partial charge in [-0.15, -0.1) is 0 Å². The minimum atomic E-state index is 0.0916. The van der Waals surface area contributed by atoms with Gasteiger partial charge < -0.3 is 0 Å². The van der Waals surface area contributed by atoms with Gasteiger partial charge in [-0.25, -0.2) is 0 Å². The Morgan fingerprint density at radius 3 is 2.22 bits per heavy atom. The first-order valence-electron chi connectivity index (χ1n) is 8.26. The molecule has 0 unspecified atom stereocenters. The quantitative estimate of drug-likeness (QED) is 0.313. The van der Waals surface area contributed by atoms with E-state index in [2.05, 4.69) is 37.8 Å². The number of carbonyl (C=O) groups excluding carboxylic acids is 1. The standard InChI is InChI=1S/C21H24OS/c1-3-4-5-7-10-17(2)21(22)23-20-15-13-19(14-16-20)18-11-8-6-9-12-18/h6,8-9,11-16H,2-5,7,10H2,1H3. The van der Waals surface area contributed by atoms with Crippen molar-refractivity contribution in [1.29, 1.82) is 0 Å². The fraction of sp³-hybridized carbons (Fsp3) is 0.286. The van der Waals surface area contributed by atoms with Crippen LogP contribution < -0.4 is 0 Å². The van der Waals surface area contributed by atoms with Gasteiger partial charge in [0.1, 0.15) is 0 Å². The molecule has 2 rings (SSSR count). The molecule has 0 amide bonds. The molecule has 0 fully saturated rings. The summed E-state index contributed by atoms with van der Waals surface area (Å²) in [6, 6.07) is 18.4. The zero-order valence-electron chi connectivity index (χ0n) is 13.8. The van der Waals surface area contributed by atoms with Crippen LogP contribution in [-0.2, 0) is 4.79 Å². The van der Waals surface area contributed by atoms with Crippen LogP contribution in [0.1, 0.15) is 39.0 Å². The number of hydrogen-bond acceptors (Lipinski definition) is 2. The second kappa shape index (κ2) is 9.36. The smallest absolute Gasteiger partial charge is 0.219 e. The van der Waals surface area contributed by atoms with Crippen LogP contribution in [0.15, 0.2) is 71.6 Å². The first-order chi connectivity index (χ1) is 11.2. The Labute approximate surface area is 143 Å². The molecule has 1 nitrogen and oxygen atoms in total. The van der Waals surface area contributed by atoms with Crippen LogP contribution in [0.25, 0.3) is 11.1 Å². The van der Waals surface area contributed by atoms with Gasteiger partial charge in [-0.1, -0.05) is 75.2 Å². The molecule has 2 aromatic carbocycles. The van der Waals surface area contributed by atoms with Crippen LogP contribution in [-0.4, -0.2) is 5.12 Å². The Morgan fingerprint density at radius 1 is 0.913 bits per heavy atom. The summed E-state index contributed by atoms with van der Waals surface area (Å²) in [6.45, 7) is 6.13. The Bertz CT molecular complexity index is 629. The second-order valence-corrected chi connectivity index (χ2v) is 6.74. The molecule has 0 heterocycles. The first-order valence-corrected chi connectivity index (χ1v) is 9.08. The topological polar surface area (TPSA) is 17.1 Å². The number of carbonyl (C=O) groups is 1. The van der Waals surface area contributed by atoms with Gasteiger partial charge in [0.2, 0.25) is 5.12 Å². The highest BCUT2D eigenvalue weighted by atomic mass is 32.2. The predicted octanol–water partition coefficient (Wildman–Crippen LogP) is 6.50. The largest absolute Gasteiger partial charge is 0.282 e. The van der Waals surface area contributed by atoms with E-state index in [4.69, 9.17) is 0 Å². The van der Waals surface area contributed by atoms with E-state index in [0.717, 1.165) is 23.3 Å². The Hall–Kier alpha value is -1.80. The predicted molar refractivity (Wildman–Crippen MR) is 101 cm³/mol. The van der Waals surface area contributed by atoms with E-state index in [0.29, 0.717) is 0 Å². The van der Waals surface area contributed by atoms with E-state index >= 15 is 0 Å². The number of thioether (sulfide) groups is 1. The van der Waals surface area contributed by atoms with Crippen molar-refractivity contribution in [1.82, 2.24) is 0 Å². The van der Waals surface area contributed by atoms with Crippen LogP contribution in [0.2, 0.25) is 0 Å². The summed E-state index contributed by atoms with van der Waals surface area (Å²) in [6.07, 6.45) is 5.50. The molecule has 0 aromatic heterocycles. The molecule has 0 aliphatic carbocycles. The summed E-state index contributed by atoms with van der Waals surface area (Å²) in [4.78, 5) is 13.2. The van der Waals surface area contributed by atoms with Gasteiger partial charge in [0.25, 0.3) is 0 Å². The maximum Gasteiger partial charge on any atom is 0.219 e. The third kappa shape index (κ3) is 5.72. The SMILES string of the molecule is C=C(CCCCCC)C(=O)Sc1ccc(-c2ccccc2)cc1. The summed E-state index contributed by atoms with van der Waals surface area (Å²) in [5.74, 6) is 0. The minimum absolute atomic E-state index is 0.0916. The van der Waals surface area contributed by atoms with Crippen molar-refractivity contribution in [3.05, 3.63) is 66.7 Å². The molecule has 0 radical (unpaired) electrons. The molecule has 0 saturated carbocycles. The van der Waals surface area contributed by atoms with Gasteiger partial charge in [0.15, 0.2) is 0 Å². The van der Waals surface area contributed by atoms with Crippen LogP contribution >= 0.6 is 11.8 Å². The third-order valence-electron chi connectivity index (χ3n) is 3.79. The van der Waals surface area contributed by atoms with E-state index in [9.17, 15) is 4.79 Å². The van der Waals surface area contributed by atoms with Crippen LogP contribution in [0.5, 0.6) is 0 Å². The highest BCUT2D eigenvalue weighted by molar-refractivity contribution is 8.14. The number of benzene rings is 2. The summed E-state index contributed by atoms with van der Waals surface area (Å²) in [7, 11) is 0. The van der Waals surface area contributed by atoms with Gasteiger partial charge in [-0.3, -0.25) is 4.79 Å². The lowest BCUT2D eigenvalue weighted by atomic mass is 10.1. The van der Waals surface area contributed by atoms with Crippen molar-refractivity contribution in [2.45, 2.75) is 43.9 Å². The van der Waals surface area contributed by atoms with Crippen molar-refractivity contribution < 1.29 is 4.79 Å². The third-order valence-corrected chi connectivity index (χ3v) is 4.77. The monoisotopic (exact) mass is 324 g/mol. The number of unbranched alkanes of at least 4 members (excludes halogenated alkanes) is 3. The molecule has 0 bridgehead atoms. The van der Waals surface area contributed by atoms with Gasteiger partial charge in [0, 0.05) is 4.90 Å². The van der Waals surface area contributed by atoms with Crippen molar-refractivity contribution >= 4 is 16.9 Å². The van der Waals surface area contributed by atoms with Crippen molar-refractivity contribution in [3.63, 3.8) is 0 Å². The molecule has 2 aromatic rings. The summed E-state index contributed by atoms with van der Waals surface area (Å²) < 4.78 is 0. The van der Waals surface area contributed by atoms with Crippen molar-refractivity contribution in [2.24, 2.45) is 0 Å². The molecule has 120 valence electrons. The molecule has 2 heteroatoms. The first kappa shape index (κ1) is 17.6. The molecule has 0 saturated heterocycles. The maximum absolute atomic E-state index is 12.2. The molecular formula is C21H24OS. The highest BCUT2D eigenvalue weighted by Crippen LogP contribution is 2.27. The lowest BCUT2D eigenvalue weighted by Crippen LogP contribution is -1.96. The van der Waals surface area contributed by atoms with Crippen LogP contribution in [0.3, 0.4) is 0 Å². The summed E-state index contributed by atoms with van der Waals surface area (Å²) in [5.41, 5.74) is 3.09. The molecule has 0 N–H and O–H groups in total. The van der Waals surface area contributed by atoms with Crippen LogP contribution in [0.4, 0.5) is 0 Å². The van der Waals surface area contributed by atoms with E-state index < -0.39 is 0 Å². The fourth-order valence-corrected chi connectivity index (χ4v) is 3.13. The molecule has 0 aliphatic heterocycles. The minimum Gasteiger partial charge on any atom is -0.282 e. The Morgan fingerprint density at radius 2 is 1.57 bits per heavy atom. The molecule has 0 aliphatic rings. The average molecular weight is 324 g/mol. The Kier molecular flexibility index (Phi) is 7.15. The van der Waals surface area contributed by atoms with Gasteiger partial charge >= 0.3 is 0 Å².